The average molecular weight is 363 g/mol. The first kappa shape index (κ1) is 18.7. The molecule has 2 aliphatic heterocycles. The summed E-state index contributed by atoms with van der Waals surface area (Å²) in [7, 11) is -3.55. The lowest BCUT2D eigenvalue weighted by molar-refractivity contribution is -0.150. The third kappa shape index (κ3) is 3.57. The topological polar surface area (TPSA) is 174 Å². The number of amides is 1. The summed E-state index contributed by atoms with van der Waals surface area (Å²) >= 11 is 0. The molecule has 10 nitrogen and oxygen atoms in total. The monoisotopic (exact) mass is 363 g/mol. The Morgan fingerprint density at radius 2 is 1.79 bits per heavy atom. The predicted molar refractivity (Wildman–Crippen MR) is 77.1 cm³/mol. The van der Waals surface area contributed by atoms with Gasteiger partial charge in [-0.2, -0.15) is 0 Å². The van der Waals surface area contributed by atoms with Gasteiger partial charge in [-0.15, -0.1) is 0 Å². The molecule has 0 aromatic heterocycles. The number of sulfonamides is 1. The summed E-state index contributed by atoms with van der Waals surface area (Å²) in [5.74, 6) is -0.550. The van der Waals surface area contributed by atoms with E-state index in [1.807, 2.05) is 4.72 Å². The molecule has 24 heavy (non-hydrogen) atoms. The Kier molecular flexibility index (Phi) is 5.55. The van der Waals surface area contributed by atoms with Gasteiger partial charge in [-0.1, -0.05) is 12.1 Å². The van der Waals surface area contributed by atoms with Crippen molar-refractivity contribution in [3.63, 3.8) is 0 Å². The van der Waals surface area contributed by atoms with E-state index >= 15 is 0 Å². The molecule has 1 fully saturated rings. The number of ether oxygens (including phenoxy) is 1. The van der Waals surface area contributed by atoms with Gasteiger partial charge in [0.2, 0.25) is 0 Å². The summed E-state index contributed by atoms with van der Waals surface area (Å²) in [6.07, 6.45) is -6.75. The fourth-order valence-electron chi connectivity index (χ4n) is 2.23. The van der Waals surface area contributed by atoms with Crippen molar-refractivity contribution in [1.82, 2.24) is 4.72 Å². The largest absolute Gasteiger partial charge is 0.394 e. The van der Waals surface area contributed by atoms with Gasteiger partial charge in [0.25, 0.3) is 15.9 Å². The first-order valence-corrected chi connectivity index (χ1v) is 8.32. The van der Waals surface area contributed by atoms with Gasteiger partial charge in [-0.05, 0) is 12.1 Å². The number of aliphatic hydroxyl groups excluding tert-OH is 5. The third-order valence-corrected chi connectivity index (χ3v) is 4.88. The lowest BCUT2D eigenvalue weighted by Crippen LogP contribution is -2.40. The number of rotatable bonds is 2. The van der Waals surface area contributed by atoms with Crippen molar-refractivity contribution >= 4 is 15.9 Å². The van der Waals surface area contributed by atoms with Gasteiger partial charge in [-0.25, -0.2) is 13.1 Å². The highest BCUT2D eigenvalue weighted by Gasteiger charge is 2.44. The first-order chi connectivity index (χ1) is 11.2. The second kappa shape index (κ2) is 7.11. The molecule has 11 heteroatoms. The highest BCUT2D eigenvalue weighted by atomic mass is 32.2. The van der Waals surface area contributed by atoms with Crippen LogP contribution in [0, 0.1) is 0 Å². The average Bonchev–Trinajstić information content (AvgIpc) is 2.95. The van der Waals surface area contributed by atoms with Crippen molar-refractivity contribution in [3.8, 4) is 0 Å². The summed E-state index contributed by atoms with van der Waals surface area (Å²) in [6.45, 7) is -0.596. The fourth-order valence-corrected chi connectivity index (χ4v) is 3.40. The molecule has 1 unspecified atom stereocenters. The zero-order chi connectivity index (χ0) is 18.1. The summed E-state index contributed by atoms with van der Waals surface area (Å²) in [5, 5.41) is 44.4. The van der Waals surface area contributed by atoms with E-state index in [-0.39, 0.29) is 10.5 Å². The molecular weight excluding hydrogens is 346 g/mol. The van der Waals surface area contributed by atoms with E-state index in [1.54, 1.807) is 12.1 Å². The van der Waals surface area contributed by atoms with Crippen LogP contribution in [-0.2, 0) is 14.8 Å². The van der Waals surface area contributed by atoms with Crippen molar-refractivity contribution in [2.45, 2.75) is 35.6 Å². The molecule has 0 radical (unpaired) electrons. The molecule has 1 amide bonds. The molecule has 0 saturated carbocycles. The summed E-state index contributed by atoms with van der Waals surface area (Å²) in [5.41, 5.74) is 0.220. The number of carbonyl (C=O) groups excluding carboxylic acids is 1. The Morgan fingerprint density at radius 3 is 2.29 bits per heavy atom. The molecule has 0 spiro atoms. The maximum Gasteiger partial charge on any atom is 0.266 e. The predicted octanol–water partition coefficient (Wildman–Crippen LogP) is -3.10. The maximum atomic E-state index is 11.1. The van der Waals surface area contributed by atoms with Crippen molar-refractivity contribution in [3.05, 3.63) is 29.8 Å². The highest BCUT2D eigenvalue weighted by molar-refractivity contribution is 7.90. The van der Waals surface area contributed by atoms with E-state index in [0.717, 1.165) is 0 Å². The summed E-state index contributed by atoms with van der Waals surface area (Å²) in [4.78, 5) is 11.1. The smallest absolute Gasteiger partial charge is 0.266 e. The lowest BCUT2D eigenvalue weighted by Gasteiger charge is -2.18. The molecule has 1 saturated heterocycles. The summed E-state index contributed by atoms with van der Waals surface area (Å²) < 4.78 is 28.7. The number of carbonyl (C=O) groups is 1. The van der Waals surface area contributed by atoms with Crippen molar-refractivity contribution in [1.29, 1.82) is 0 Å². The Hall–Kier alpha value is -1.60. The first-order valence-electron chi connectivity index (χ1n) is 6.84. The van der Waals surface area contributed by atoms with E-state index in [9.17, 15) is 13.2 Å². The van der Waals surface area contributed by atoms with Crippen LogP contribution < -0.4 is 4.72 Å². The SMILES string of the molecule is O=C1NS(=O)(=O)c2ccccc21.OC[C@@H](O)[C@H]1OC(O)[C@H](O)[C@H]1O. The van der Waals surface area contributed by atoms with Crippen LogP contribution in [0.3, 0.4) is 0 Å². The molecular formula is C13H17NO9S. The molecule has 134 valence electrons. The van der Waals surface area contributed by atoms with E-state index in [1.165, 1.54) is 12.1 Å². The fraction of sp³-hybridized carbons (Fsp3) is 0.462. The van der Waals surface area contributed by atoms with Crippen LogP contribution in [0.5, 0.6) is 0 Å². The van der Waals surface area contributed by atoms with Gasteiger partial charge < -0.3 is 30.3 Å². The van der Waals surface area contributed by atoms with E-state index in [4.69, 9.17) is 25.5 Å². The minimum absolute atomic E-state index is 0.0648. The van der Waals surface area contributed by atoms with Crippen LogP contribution in [0.2, 0.25) is 0 Å². The van der Waals surface area contributed by atoms with Crippen molar-refractivity contribution < 1.29 is 43.5 Å². The normalized spacial score (nSPS) is 31.6. The quantitative estimate of drug-likeness (QED) is 0.318. The molecule has 0 bridgehead atoms. The van der Waals surface area contributed by atoms with Gasteiger partial charge in [-0.3, -0.25) is 4.79 Å². The molecule has 2 heterocycles. The van der Waals surface area contributed by atoms with Crippen LogP contribution in [0.25, 0.3) is 0 Å². The minimum atomic E-state index is -3.55. The molecule has 5 atom stereocenters. The van der Waals surface area contributed by atoms with Crippen LogP contribution in [0.1, 0.15) is 10.4 Å². The van der Waals surface area contributed by atoms with Crippen molar-refractivity contribution in [2.75, 3.05) is 6.61 Å². The van der Waals surface area contributed by atoms with Gasteiger partial charge in [0.1, 0.15) is 29.3 Å². The van der Waals surface area contributed by atoms with E-state index < -0.39 is 53.2 Å². The summed E-state index contributed by atoms with van der Waals surface area (Å²) in [6, 6.07) is 6.09. The number of benzene rings is 1. The van der Waals surface area contributed by atoms with E-state index in [2.05, 4.69) is 4.74 Å². The van der Waals surface area contributed by atoms with Crippen LogP contribution in [0.4, 0.5) is 0 Å². The molecule has 1 aromatic rings. The highest BCUT2D eigenvalue weighted by Crippen LogP contribution is 2.22. The zero-order valence-electron chi connectivity index (χ0n) is 12.2. The number of hydrogen-bond donors (Lipinski definition) is 6. The number of aliphatic hydroxyl groups is 5. The van der Waals surface area contributed by atoms with Gasteiger partial charge in [0.15, 0.2) is 6.29 Å². The second-order valence-electron chi connectivity index (χ2n) is 5.15. The number of hydrogen-bond acceptors (Lipinski definition) is 9. The Labute approximate surface area is 137 Å². The molecule has 1 aromatic carbocycles. The standard InChI is InChI=1S/C7H5NO3S.C6H12O6/c9-7-5-3-1-2-4-6(5)12(10,11)8-7;7-1-2(8)5-3(9)4(10)6(11)12-5/h1-4H,(H,8,9);2-11H,1H2/t;2-,3-,4-,5-,6?/m.1/s1. The molecule has 2 aliphatic rings. The zero-order valence-corrected chi connectivity index (χ0v) is 13.0. The minimum Gasteiger partial charge on any atom is -0.394 e. The Bertz CT molecular complexity index is 707. The lowest BCUT2D eigenvalue weighted by atomic mass is 10.1. The van der Waals surface area contributed by atoms with Gasteiger partial charge in [0, 0.05) is 0 Å². The molecule has 3 rings (SSSR count). The molecule has 6 N–H and O–H groups in total. The van der Waals surface area contributed by atoms with Crippen molar-refractivity contribution in [2.24, 2.45) is 0 Å². The van der Waals surface area contributed by atoms with E-state index in [0.29, 0.717) is 0 Å². The number of nitrogens with one attached hydrogen (secondary N) is 1. The Morgan fingerprint density at radius 1 is 1.17 bits per heavy atom. The maximum absolute atomic E-state index is 11.1. The van der Waals surface area contributed by atoms with Crippen LogP contribution in [-0.4, -0.2) is 77.2 Å². The second-order valence-corrected chi connectivity index (χ2v) is 6.80. The van der Waals surface area contributed by atoms with Crippen LogP contribution >= 0.6 is 0 Å². The third-order valence-electron chi connectivity index (χ3n) is 3.49. The van der Waals surface area contributed by atoms with Gasteiger partial charge in [0.05, 0.1) is 12.2 Å². The van der Waals surface area contributed by atoms with Crippen LogP contribution in [0.15, 0.2) is 29.2 Å². The molecule has 0 aliphatic carbocycles. The number of fused-ring (bicyclic) bond motifs is 1. The van der Waals surface area contributed by atoms with Gasteiger partial charge >= 0.3 is 0 Å². The Balaban J connectivity index is 0.000000174.